The van der Waals surface area contributed by atoms with E-state index in [0.717, 1.165) is 39.9 Å². The third-order valence-corrected chi connectivity index (χ3v) is 7.81. The zero-order chi connectivity index (χ0) is 22.7. The Kier molecular flexibility index (Phi) is 4.93. The van der Waals surface area contributed by atoms with E-state index in [1.807, 2.05) is 42.6 Å². The first-order valence-electron chi connectivity index (χ1n) is 11.1. The third kappa shape index (κ3) is 3.33. The van der Waals surface area contributed by atoms with Crippen molar-refractivity contribution in [3.8, 4) is 0 Å². The smallest absolute Gasteiger partial charge is 0.254 e. The van der Waals surface area contributed by atoms with E-state index >= 15 is 0 Å². The van der Waals surface area contributed by atoms with Gasteiger partial charge < -0.3 is 4.57 Å². The molecule has 0 spiro atoms. The molecule has 2 fully saturated rings. The summed E-state index contributed by atoms with van der Waals surface area (Å²) in [7, 11) is 0. The topological polar surface area (TPSA) is 54.7 Å². The molecule has 2 aromatic carbocycles. The van der Waals surface area contributed by atoms with Crippen molar-refractivity contribution in [1.82, 2.24) is 9.58 Å². The van der Waals surface area contributed by atoms with Crippen LogP contribution in [0.25, 0.3) is 10.9 Å². The van der Waals surface area contributed by atoms with Gasteiger partial charge in [0.05, 0.1) is 18.1 Å². The molecular weight excluding hydrogens is 457 g/mol. The van der Waals surface area contributed by atoms with Crippen LogP contribution in [0.2, 0.25) is 10.0 Å². The zero-order valence-electron chi connectivity index (χ0n) is 17.7. The van der Waals surface area contributed by atoms with Gasteiger partial charge in [-0.2, -0.15) is 10.1 Å². The molecule has 4 atom stereocenters. The number of imide groups is 1. The molecule has 7 heteroatoms. The average Bonchev–Trinajstić information content (AvgIpc) is 3.31. The number of nitrogens with zero attached hydrogens (tertiary/aromatic N) is 3. The number of carbonyl (C=O) groups excluding carboxylic acids is 2. The lowest BCUT2D eigenvalue weighted by Crippen LogP contribution is -2.38. The number of hydrazone groups is 1. The molecule has 1 aliphatic heterocycles. The summed E-state index contributed by atoms with van der Waals surface area (Å²) in [5.74, 6) is -0.544. The molecule has 3 aliphatic carbocycles. The van der Waals surface area contributed by atoms with E-state index in [1.54, 1.807) is 12.3 Å². The second-order valence-corrected chi connectivity index (χ2v) is 9.88. The fourth-order valence-electron chi connectivity index (χ4n) is 5.63. The van der Waals surface area contributed by atoms with Crippen LogP contribution >= 0.6 is 23.2 Å². The molecule has 1 saturated heterocycles. The maximum absolute atomic E-state index is 13.1. The molecule has 2 bridgehead atoms. The van der Waals surface area contributed by atoms with E-state index in [-0.39, 0.29) is 35.5 Å². The fourth-order valence-corrected chi connectivity index (χ4v) is 6.10. The Bertz CT molecular complexity index is 1330. The van der Waals surface area contributed by atoms with E-state index in [9.17, 15) is 9.59 Å². The van der Waals surface area contributed by atoms with Gasteiger partial charge in [-0.1, -0.05) is 59.6 Å². The summed E-state index contributed by atoms with van der Waals surface area (Å²) in [6.07, 6.45) is 9.78. The van der Waals surface area contributed by atoms with Crippen LogP contribution < -0.4 is 0 Å². The predicted molar refractivity (Wildman–Crippen MR) is 129 cm³/mol. The number of rotatable bonds is 4. The fraction of sp³-hybridized carbons (Fsp3) is 0.269. The molecule has 33 heavy (non-hydrogen) atoms. The SMILES string of the molecule is O=C1[C@@H]2[C@H](C(=O)N1/N=C\c1cn(Cc3ccc(Cl)cc3Cl)c3ccccc13)[C@H]1C=C[C@H]2CC1. The molecule has 1 aromatic heterocycles. The monoisotopic (exact) mass is 477 g/mol. The van der Waals surface area contributed by atoms with Gasteiger partial charge in [0.25, 0.3) is 11.8 Å². The first-order chi connectivity index (χ1) is 16.0. The Hall–Kier alpha value is -2.89. The summed E-state index contributed by atoms with van der Waals surface area (Å²) in [6, 6.07) is 13.4. The lowest BCUT2D eigenvalue weighted by Gasteiger charge is -2.37. The van der Waals surface area contributed by atoms with E-state index in [4.69, 9.17) is 23.2 Å². The summed E-state index contributed by atoms with van der Waals surface area (Å²) in [4.78, 5) is 26.1. The number of fused-ring (bicyclic) bond motifs is 2. The minimum atomic E-state index is -0.258. The number of hydrogen-bond donors (Lipinski definition) is 0. The molecule has 1 saturated carbocycles. The van der Waals surface area contributed by atoms with Crippen molar-refractivity contribution in [3.05, 3.63) is 82.0 Å². The average molecular weight is 478 g/mol. The molecule has 3 aromatic rings. The Balaban J connectivity index is 1.32. The van der Waals surface area contributed by atoms with E-state index < -0.39 is 0 Å². The lowest BCUT2D eigenvalue weighted by molar-refractivity contribution is -0.140. The normalized spacial score (nSPS) is 26.2. The number of para-hydroxylation sites is 1. The molecule has 7 rings (SSSR count). The maximum Gasteiger partial charge on any atom is 0.254 e. The Morgan fingerprint density at radius 3 is 2.33 bits per heavy atom. The molecule has 2 amide bonds. The first kappa shape index (κ1) is 20.7. The molecule has 166 valence electrons. The number of hydrogen-bond acceptors (Lipinski definition) is 3. The van der Waals surface area contributed by atoms with Gasteiger partial charge in [-0.3, -0.25) is 9.59 Å². The zero-order valence-corrected chi connectivity index (χ0v) is 19.2. The van der Waals surface area contributed by atoms with Crippen LogP contribution in [0.1, 0.15) is 24.0 Å². The van der Waals surface area contributed by atoms with Crippen molar-refractivity contribution in [1.29, 1.82) is 0 Å². The van der Waals surface area contributed by atoms with Gasteiger partial charge in [-0.05, 0) is 48.4 Å². The second-order valence-electron chi connectivity index (χ2n) is 9.04. The number of halogens is 2. The summed E-state index contributed by atoms with van der Waals surface area (Å²) in [6.45, 7) is 0.561. The second kappa shape index (κ2) is 7.86. The van der Waals surface area contributed by atoms with Crippen LogP contribution in [0.5, 0.6) is 0 Å². The van der Waals surface area contributed by atoms with Gasteiger partial charge >= 0.3 is 0 Å². The largest absolute Gasteiger partial charge is 0.342 e. The minimum absolute atomic E-state index is 0.155. The molecule has 0 N–H and O–H groups in total. The van der Waals surface area contributed by atoms with Crippen molar-refractivity contribution in [2.75, 3.05) is 0 Å². The molecule has 0 unspecified atom stereocenters. The Labute approximate surface area is 201 Å². The number of benzene rings is 2. The standard InChI is InChI=1S/C26H21Cl2N3O2/c27-19-10-9-17(21(28)11-19)13-30-14-18(20-3-1-2-4-22(20)30)12-29-31-25(32)23-15-5-6-16(8-7-15)24(23)26(31)33/h1-6,9-12,14-16,23-24H,7-8,13H2/b29-12-/t15-,16-,23-,24+/m0/s1. The van der Waals surface area contributed by atoms with E-state index in [1.165, 1.54) is 0 Å². The molecular formula is C26H21Cl2N3O2. The van der Waals surface area contributed by atoms with Gasteiger partial charge in [-0.25, -0.2) is 0 Å². The Morgan fingerprint density at radius 1 is 0.970 bits per heavy atom. The summed E-state index contributed by atoms with van der Waals surface area (Å²) >= 11 is 12.4. The third-order valence-electron chi connectivity index (χ3n) is 7.22. The van der Waals surface area contributed by atoms with Crippen molar-refractivity contribution in [3.63, 3.8) is 0 Å². The Morgan fingerprint density at radius 2 is 1.67 bits per heavy atom. The number of aromatic nitrogens is 1. The number of allylic oxidation sites excluding steroid dienone is 2. The maximum atomic E-state index is 13.1. The van der Waals surface area contributed by atoms with Crippen molar-refractivity contribution < 1.29 is 9.59 Å². The summed E-state index contributed by atoms with van der Waals surface area (Å²) in [5.41, 5.74) is 2.80. The van der Waals surface area contributed by atoms with Gasteiger partial charge in [0.1, 0.15) is 0 Å². The van der Waals surface area contributed by atoms with E-state index in [0.29, 0.717) is 16.6 Å². The van der Waals surface area contributed by atoms with Crippen LogP contribution in [0.4, 0.5) is 0 Å². The van der Waals surface area contributed by atoms with Crippen LogP contribution in [0, 0.1) is 23.7 Å². The minimum Gasteiger partial charge on any atom is -0.342 e. The highest BCUT2D eigenvalue weighted by Gasteiger charge is 2.56. The van der Waals surface area contributed by atoms with Gasteiger partial charge in [0.2, 0.25) is 0 Å². The van der Waals surface area contributed by atoms with Crippen LogP contribution in [-0.4, -0.2) is 27.6 Å². The quantitative estimate of drug-likeness (QED) is 0.282. The lowest BCUT2D eigenvalue weighted by atomic mass is 9.63. The molecule has 0 radical (unpaired) electrons. The highest BCUT2D eigenvalue weighted by molar-refractivity contribution is 6.35. The van der Waals surface area contributed by atoms with Crippen molar-refractivity contribution >= 4 is 52.1 Å². The van der Waals surface area contributed by atoms with Crippen LogP contribution in [0.15, 0.2) is 65.9 Å². The van der Waals surface area contributed by atoms with Crippen LogP contribution in [0.3, 0.4) is 0 Å². The number of carbonyl (C=O) groups is 2. The first-order valence-corrected chi connectivity index (χ1v) is 11.9. The molecule has 5 nitrogen and oxygen atoms in total. The van der Waals surface area contributed by atoms with Crippen LogP contribution in [-0.2, 0) is 16.1 Å². The summed E-state index contributed by atoms with van der Waals surface area (Å²) < 4.78 is 2.09. The molecule has 2 heterocycles. The van der Waals surface area contributed by atoms with E-state index in [2.05, 4.69) is 21.8 Å². The van der Waals surface area contributed by atoms with Gasteiger partial charge in [0.15, 0.2) is 0 Å². The highest BCUT2D eigenvalue weighted by atomic mass is 35.5. The van der Waals surface area contributed by atoms with Gasteiger partial charge in [-0.15, -0.1) is 0 Å². The van der Waals surface area contributed by atoms with Crippen molar-refractivity contribution in [2.45, 2.75) is 19.4 Å². The molecule has 4 aliphatic rings. The summed E-state index contributed by atoms with van der Waals surface area (Å²) in [5, 5.41) is 7.70. The van der Waals surface area contributed by atoms with Gasteiger partial charge in [0, 0.05) is 39.3 Å². The highest BCUT2D eigenvalue weighted by Crippen LogP contribution is 2.49. The predicted octanol–water partition coefficient (Wildman–Crippen LogP) is 5.53. The van der Waals surface area contributed by atoms with Crippen molar-refractivity contribution in [2.24, 2.45) is 28.8 Å². The number of amides is 2.